The summed E-state index contributed by atoms with van der Waals surface area (Å²) in [6.07, 6.45) is 2.84. The predicted octanol–water partition coefficient (Wildman–Crippen LogP) is 2.89. The lowest BCUT2D eigenvalue weighted by Gasteiger charge is -2.41. The molecule has 0 aliphatic carbocycles. The topological polar surface area (TPSA) is 35.9 Å². The Labute approximate surface area is 146 Å². The van der Waals surface area contributed by atoms with Crippen molar-refractivity contribution in [1.29, 1.82) is 0 Å². The Morgan fingerprint density at radius 3 is 2.62 bits per heavy atom. The Bertz CT molecular complexity index is 540. The van der Waals surface area contributed by atoms with Gasteiger partial charge in [0.25, 0.3) is 0 Å². The summed E-state index contributed by atoms with van der Waals surface area (Å²) in [7, 11) is 0. The van der Waals surface area contributed by atoms with Crippen molar-refractivity contribution in [2.24, 2.45) is 5.41 Å². The van der Waals surface area contributed by atoms with E-state index in [9.17, 15) is 5.11 Å². The lowest BCUT2D eigenvalue weighted by molar-refractivity contribution is -0.00535. The van der Waals surface area contributed by atoms with Crippen LogP contribution in [0.2, 0.25) is 0 Å². The Hall–Kier alpha value is -1.10. The number of aliphatic hydroxyl groups excluding tert-OH is 1. The van der Waals surface area contributed by atoms with Crippen LogP contribution in [0.15, 0.2) is 24.3 Å². The molecule has 2 aliphatic rings. The molecule has 134 valence electrons. The number of piperidine rings is 1. The first-order valence-corrected chi connectivity index (χ1v) is 9.31. The van der Waals surface area contributed by atoms with E-state index in [4.69, 9.17) is 4.74 Å². The van der Waals surface area contributed by atoms with Gasteiger partial charge in [0.1, 0.15) is 0 Å². The van der Waals surface area contributed by atoms with Gasteiger partial charge in [-0.1, -0.05) is 25.1 Å². The van der Waals surface area contributed by atoms with Crippen molar-refractivity contribution in [1.82, 2.24) is 4.90 Å². The van der Waals surface area contributed by atoms with Gasteiger partial charge in [0.2, 0.25) is 0 Å². The maximum absolute atomic E-state index is 9.70. The van der Waals surface area contributed by atoms with Gasteiger partial charge in [-0.15, -0.1) is 0 Å². The molecule has 2 saturated heterocycles. The molecular weight excluding hydrogens is 300 g/mol. The molecule has 0 bridgehead atoms. The van der Waals surface area contributed by atoms with Gasteiger partial charge in [-0.3, -0.25) is 4.90 Å². The highest BCUT2D eigenvalue weighted by molar-refractivity contribution is 5.54. The molecule has 0 amide bonds. The van der Waals surface area contributed by atoms with E-state index in [1.807, 2.05) is 0 Å². The molecule has 0 spiro atoms. The van der Waals surface area contributed by atoms with Crippen LogP contribution in [0.25, 0.3) is 0 Å². The predicted molar refractivity (Wildman–Crippen MR) is 98.4 cm³/mol. The number of anilines is 1. The normalized spacial score (nSPS) is 32.1. The first-order valence-electron chi connectivity index (χ1n) is 9.31. The highest BCUT2D eigenvalue weighted by Crippen LogP contribution is 2.31. The Morgan fingerprint density at radius 2 is 1.92 bits per heavy atom. The third-order valence-electron chi connectivity index (χ3n) is 5.39. The van der Waals surface area contributed by atoms with Crippen molar-refractivity contribution < 1.29 is 9.84 Å². The third kappa shape index (κ3) is 4.11. The number of hydrogen-bond donors (Lipinski definition) is 1. The van der Waals surface area contributed by atoms with Crippen molar-refractivity contribution in [2.45, 2.75) is 52.4 Å². The van der Waals surface area contributed by atoms with E-state index in [0.717, 1.165) is 39.1 Å². The summed E-state index contributed by atoms with van der Waals surface area (Å²) in [5.41, 5.74) is 2.78. The molecule has 3 rings (SSSR count). The van der Waals surface area contributed by atoms with Crippen LogP contribution >= 0.6 is 0 Å². The molecule has 2 aliphatic heterocycles. The molecule has 0 saturated carbocycles. The van der Waals surface area contributed by atoms with Crippen molar-refractivity contribution in [3.63, 3.8) is 0 Å². The van der Waals surface area contributed by atoms with Crippen molar-refractivity contribution in [3.05, 3.63) is 29.8 Å². The van der Waals surface area contributed by atoms with E-state index in [1.165, 1.54) is 17.7 Å². The SMILES string of the molecule is CC1CN(c2ccccc2CN2CCCC(C)(CO)C2)CC(C)O1. The van der Waals surface area contributed by atoms with E-state index in [1.54, 1.807) is 0 Å². The van der Waals surface area contributed by atoms with Gasteiger partial charge in [-0.2, -0.15) is 0 Å². The number of rotatable bonds is 4. The average molecular weight is 332 g/mol. The summed E-state index contributed by atoms with van der Waals surface area (Å²) in [5.74, 6) is 0. The van der Waals surface area contributed by atoms with Gasteiger partial charge in [0.05, 0.1) is 12.2 Å². The summed E-state index contributed by atoms with van der Waals surface area (Å²) < 4.78 is 5.89. The molecule has 1 aromatic rings. The van der Waals surface area contributed by atoms with Crippen molar-refractivity contribution in [3.8, 4) is 0 Å². The zero-order valence-corrected chi connectivity index (χ0v) is 15.4. The van der Waals surface area contributed by atoms with Crippen LogP contribution in [0.5, 0.6) is 0 Å². The minimum atomic E-state index is 0.0508. The van der Waals surface area contributed by atoms with Gasteiger partial charge < -0.3 is 14.7 Å². The maximum Gasteiger partial charge on any atom is 0.0726 e. The standard InChI is InChI=1S/C20H32N2O2/c1-16-11-22(12-17(2)24-16)19-8-5-4-7-18(19)13-21-10-6-9-20(3,14-21)15-23/h4-5,7-8,16-17,23H,6,9-15H2,1-3H3. The minimum Gasteiger partial charge on any atom is -0.396 e. The number of ether oxygens (including phenoxy) is 1. The molecule has 1 aromatic carbocycles. The number of para-hydroxylation sites is 1. The Kier molecular flexibility index (Phi) is 5.48. The third-order valence-corrected chi connectivity index (χ3v) is 5.39. The molecule has 3 unspecified atom stereocenters. The second-order valence-corrected chi connectivity index (χ2v) is 8.07. The lowest BCUT2D eigenvalue weighted by atomic mass is 9.82. The number of morpholine rings is 1. The number of nitrogens with zero attached hydrogens (tertiary/aromatic N) is 2. The molecular formula is C20H32N2O2. The second-order valence-electron chi connectivity index (χ2n) is 8.07. The van der Waals surface area contributed by atoms with Crippen LogP contribution in [0.1, 0.15) is 39.2 Å². The molecule has 24 heavy (non-hydrogen) atoms. The smallest absolute Gasteiger partial charge is 0.0726 e. The minimum absolute atomic E-state index is 0.0508. The van der Waals surface area contributed by atoms with E-state index in [2.05, 4.69) is 54.8 Å². The fourth-order valence-electron chi connectivity index (χ4n) is 4.26. The van der Waals surface area contributed by atoms with Crippen molar-refractivity contribution in [2.75, 3.05) is 37.7 Å². The van der Waals surface area contributed by atoms with Gasteiger partial charge in [0.15, 0.2) is 0 Å². The molecule has 4 heteroatoms. The lowest BCUT2D eigenvalue weighted by Crippen LogP contribution is -2.46. The average Bonchev–Trinajstić information content (AvgIpc) is 2.54. The fraction of sp³-hybridized carbons (Fsp3) is 0.700. The zero-order chi connectivity index (χ0) is 17.2. The highest BCUT2D eigenvalue weighted by atomic mass is 16.5. The number of hydrogen-bond acceptors (Lipinski definition) is 4. The van der Waals surface area contributed by atoms with E-state index < -0.39 is 0 Å². The van der Waals surface area contributed by atoms with E-state index in [-0.39, 0.29) is 24.2 Å². The molecule has 2 heterocycles. The first kappa shape index (κ1) is 17.7. The van der Waals surface area contributed by atoms with Gasteiger partial charge in [-0.05, 0) is 44.9 Å². The zero-order valence-electron chi connectivity index (χ0n) is 15.4. The summed E-state index contributed by atoms with van der Waals surface area (Å²) in [4.78, 5) is 4.98. The van der Waals surface area contributed by atoms with E-state index in [0.29, 0.717) is 0 Å². The monoisotopic (exact) mass is 332 g/mol. The number of aliphatic hydroxyl groups is 1. The van der Waals surface area contributed by atoms with Crippen LogP contribution in [-0.2, 0) is 11.3 Å². The van der Waals surface area contributed by atoms with Crippen LogP contribution in [0.4, 0.5) is 5.69 Å². The fourth-order valence-corrected chi connectivity index (χ4v) is 4.26. The molecule has 0 radical (unpaired) electrons. The molecule has 3 atom stereocenters. The Morgan fingerprint density at radius 1 is 1.21 bits per heavy atom. The quantitative estimate of drug-likeness (QED) is 0.920. The molecule has 1 N–H and O–H groups in total. The summed E-state index contributed by atoms with van der Waals surface area (Å²) in [5, 5.41) is 9.70. The van der Waals surface area contributed by atoms with E-state index >= 15 is 0 Å². The molecule has 2 fully saturated rings. The second kappa shape index (κ2) is 7.42. The molecule has 0 aromatic heterocycles. The van der Waals surface area contributed by atoms with Gasteiger partial charge in [0, 0.05) is 43.9 Å². The summed E-state index contributed by atoms with van der Waals surface area (Å²) in [6, 6.07) is 8.78. The van der Waals surface area contributed by atoms with Crippen LogP contribution < -0.4 is 4.90 Å². The number of benzene rings is 1. The Balaban J connectivity index is 1.75. The van der Waals surface area contributed by atoms with Crippen LogP contribution in [0.3, 0.4) is 0 Å². The van der Waals surface area contributed by atoms with Crippen LogP contribution in [0, 0.1) is 5.41 Å². The maximum atomic E-state index is 9.70. The summed E-state index contributed by atoms with van der Waals surface area (Å²) in [6.45, 7) is 11.8. The van der Waals surface area contributed by atoms with Crippen LogP contribution in [-0.4, -0.2) is 55.0 Å². The first-order chi connectivity index (χ1) is 11.5. The van der Waals surface area contributed by atoms with Gasteiger partial charge in [-0.25, -0.2) is 0 Å². The van der Waals surface area contributed by atoms with Crippen molar-refractivity contribution >= 4 is 5.69 Å². The highest BCUT2D eigenvalue weighted by Gasteiger charge is 2.31. The number of likely N-dealkylation sites (tertiary alicyclic amines) is 1. The molecule has 4 nitrogen and oxygen atoms in total. The van der Waals surface area contributed by atoms with Gasteiger partial charge >= 0.3 is 0 Å². The summed E-state index contributed by atoms with van der Waals surface area (Å²) >= 11 is 0. The largest absolute Gasteiger partial charge is 0.396 e.